The lowest BCUT2D eigenvalue weighted by molar-refractivity contribution is -0.153. The topological polar surface area (TPSA) is 116 Å². The molecular weight excluding hydrogens is 542 g/mol. The second-order valence-corrected chi connectivity index (χ2v) is 12.1. The smallest absolute Gasteiger partial charge is 0.244 e. The molecule has 2 fully saturated rings. The number of rotatable bonds is 4. The molecule has 0 radical (unpaired) electrons. The van der Waals surface area contributed by atoms with Gasteiger partial charge in [-0.3, -0.25) is 19.4 Å². The average molecular weight is 573 g/mol. The zero-order chi connectivity index (χ0) is 29.3. The number of hydrogen-bond acceptors (Lipinski definition) is 6. The first-order valence-electron chi connectivity index (χ1n) is 14.2. The van der Waals surface area contributed by atoms with E-state index >= 15 is 0 Å². The lowest BCUT2D eigenvalue weighted by Gasteiger charge is -2.51. The van der Waals surface area contributed by atoms with Gasteiger partial charge in [0.15, 0.2) is 0 Å². The predicted molar refractivity (Wildman–Crippen MR) is 149 cm³/mol. The minimum Gasteiger partial charge on any atom is -0.323 e. The highest BCUT2D eigenvalue weighted by Gasteiger charge is 2.54. The predicted octanol–water partition coefficient (Wildman–Crippen LogP) is 3.34. The summed E-state index contributed by atoms with van der Waals surface area (Å²) in [6.07, 6.45) is 7.08. The van der Waals surface area contributed by atoms with Gasteiger partial charge in [0.1, 0.15) is 24.0 Å². The second kappa shape index (κ2) is 9.38. The van der Waals surface area contributed by atoms with E-state index in [9.17, 15) is 23.2 Å². The number of carbonyl (C=O) groups excluding carboxylic acids is 3. The normalized spacial score (nSPS) is 25.5. The minimum atomic E-state index is -1.16. The molecule has 1 unspecified atom stereocenters. The fraction of sp³-hybridized carbons (Fsp3) is 0.387. The molecule has 2 aliphatic carbocycles. The summed E-state index contributed by atoms with van der Waals surface area (Å²) in [7, 11) is 0. The zero-order valence-electron chi connectivity index (χ0n) is 23.1. The fourth-order valence-electron chi connectivity index (χ4n) is 7.26. The highest BCUT2D eigenvalue weighted by atomic mass is 19.1. The van der Waals surface area contributed by atoms with Crippen molar-refractivity contribution in [3.8, 4) is 0 Å². The van der Waals surface area contributed by atoms with Gasteiger partial charge in [0, 0.05) is 36.5 Å². The van der Waals surface area contributed by atoms with Crippen LogP contribution in [-0.4, -0.2) is 51.2 Å². The Morgan fingerprint density at radius 3 is 2.60 bits per heavy atom. The largest absolute Gasteiger partial charge is 0.323 e. The van der Waals surface area contributed by atoms with Gasteiger partial charge in [-0.1, -0.05) is 18.9 Å². The number of piperazine rings is 1. The molecule has 3 N–H and O–H groups in total. The van der Waals surface area contributed by atoms with Crippen molar-refractivity contribution in [2.75, 3.05) is 23.7 Å². The standard InChI is InChI=1S/C31H30F2N6O3/c1-29(19-10-20(32)12-21(33)11-19)17-36-31(6-2-3-7-31)28(42)39(29)16-25(40)37-22-9-18-13-30(14-24(18)35-15-22)23-5-4-8-34-26(23)38-27(30)41/h4-5,8-12,15,36H,2-3,6-7,13-14,16-17H2,1H3,(H,37,40)(H,34,38,41)/t29-,30?/m0/s1. The van der Waals surface area contributed by atoms with E-state index in [2.05, 4.69) is 25.9 Å². The van der Waals surface area contributed by atoms with Crippen molar-refractivity contribution in [1.82, 2.24) is 20.2 Å². The van der Waals surface area contributed by atoms with Crippen LogP contribution in [-0.2, 0) is 38.2 Å². The first-order chi connectivity index (χ1) is 20.1. The number of nitrogens with zero attached hydrogens (tertiary/aromatic N) is 3. The van der Waals surface area contributed by atoms with Crippen molar-refractivity contribution in [1.29, 1.82) is 0 Å². The van der Waals surface area contributed by atoms with Crippen LogP contribution in [0.1, 0.15) is 55.0 Å². The van der Waals surface area contributed by atoms with Crippen LogP contribution in [0.2, 0.25) is 0 Å². The maximum atomic E-state index is 14.3. The lowest BCUT2D eigenvalue weighted by Crippen LogP contribution is -2.71. The maximum absolute atomic E-state index is 14.3. The molecule has 2 spiro atoms. The number of fused-ring (bicyclic) bond motifs is 3. The van der Waals surface area contributed by atoms with Crippen LogP contribution in [0.15, 0.2) is 48.8 Å². The maximum Gasteiger partial charge on any atom is 0.244 e. The Balaban J connectivity index is 1.14. The first kappa shape index (κ1) is 26.6. The van der Waals surface area contributed by atoms with Crippen molar-refractivity contribution in [3.05, 3.63) is 82.8 Å². The summed E-state index contributed by atoms with van der Waals surface area (Å²) in [4.78, 5) is 50.8. The number of halogens is 2. The van der Waals surface area contributed by atoms with Gasteiger partial charge in [0.05, 0.1) is 28.4 Å². The first-order valence-corrected chi connectivity index (χ1v) is 14.2. The SMILES string of the molecule is C[C@@]1(c2cc(F)cc(F)c2)CNC2(CCCC2)C(=O)N1CC(=O)Nc1cnc2c(c1)CC1(C2)C(=O)Nc2ncccc21. The third-order valence-corrected chi connectivity index (χ3v) is 9.56. The quantitative estimate of drug-likeness (QED) is 0.442. The van der Waals surface area contributed by atoms with Crippen LogP contribution in [0.25, 0.3) is 0 Å². The third kappa shape index (κ3) is 4.01. The second-order valence-electron chi connectivity index (χ2n) is 12.1. The van der Waals surface area contributed by atoms with Crippen LogP contribution in [0.4, 0.5) is 20.3 Å². The molecule has 3 aromatic rings. The Bertz CT molecular complexity index is 1640. The summed E-state index contributed by atoms with van der Waals surface area (Å²) in [5.74, 6) is -1.76. The number of anilines is 2. The monoisotopic (exact) mass is 572 g/mol. The Morgan fingerprint density at radius 1 is 1.07 bits per heavy atom. The van der Waals surface area contributed by atoms with Gasteiger partial charge in [-0.05, 0) is 61.6 Å². The number of carbonyl (C=O) groups is 3. The van der Waals surface area contributed by atoms with Gasteiger partial charge < -0.3 is 20.9 Å². The van der Waals surface area contributed by atoms with Gasteiger partial charge in [-0.15, -0.1) is 0 Å². The molecule has 4 heterocycles. The number of pyridine rings is 2. The van der Waals surface area contributed by atoms with E-state index < -0.39 is 34.0 Å². The molecule has 42 heavy (non-hydrogen) atoms. The van der Waals surface area contributed by atoms with E-state index in [0.29, 0.717) is 37.2 Å². The molecule has 3 amide bonds. The molecule has 9 nitrogen and oxygen atoms in total. The molecule has 216 valence electrons. The Kier molecular flexibility index (Phi) is 5.95. The number of nitrogens with one attached hydrogen (secondary N) is 3. The number of aromatic nitrogens is 2. The van der Waals surface area contributed by atoms with Crippen LogP contribution in [0.5, 0.6) is 0 Å². The molecule has 11 heteroatoms. The van der Waals surface area contributed by atoms with Gasteiger partial charge in [-0.25, -0.2) is 13.8 Å². The summed E-state index contributed by atoms with van der Waals surface area (Å²) in [5.41, 5.74) is 0.445. The molecule has 2 aliphatic heterocycles. The number of benzene rings is 1. The molecular formula is C31H30F2N6O3. The Hall–Kier alpha value is -4.25. The highest BCUT2D eigenvalue weighted by molar-refractivity contribution is 6.06. The van der Waals surface area contributed by atoms with E-state index in [4.69, 9.17) is 0 Å². The molecule has 0 bridgehead atoms. The number of hydrogen-bond donors (Lipinski definition) is 3. The molecule has 1 saturated carbocycles. The van der Waals surface area contributed by atoms with Gasteiger partial charge in [-0.2, -0.15) is 0 Å². The van der Waals surface area contributed by atoms with Gasteiger partial charge >= 0.3 is 0 Å². The van der Waals surface area contributed by atoms with Crippen LogP contribution >= 0.6 is 0 Å². The van der Waals surface area contributed by atoms with Crippen molar-refractivity contribution >= 4 is 29.2 Å². The van der Waals surface area contributed by atoms with Crippen molar-refractivity contribution < 1.29 is 23.2 Å². The Labute approximate surface area is 241 Å². The van der Waals surface area contributed by atoms with Crippen LogP contribution < -0.4 is 16.0 Å². The van der Waals surface area contributed by atoms with Crippen molar-refractivity contribution in [2.24, 2.45) is 0 Å². The third-order valence-electron chi connectivity index (χ3n) is 9.56. The van der Waals surface area contributed by atoms with Gasteiger partial charge in [0.2, 0.25) is 17.7 Å². The highest BCUT2D eigenvalue weighted by Crippen LogP contribution is 2.46. The number of amides is 3. The summed E-state index contributed by atoms with van der Waals surface area (Å²) in [6, 6.07) is 8.73. The minimum absolute atomic E-state index is 0.120. The molecule has 2 atom stereocenters. The summed E-state index contributed by atoms with van der Waals surface area (Å²) < 4.78 is 28.5. The molecule has 4 aliphatic rings. The molecule has 1 aromatic carbocycles. The molecule has 2 aromatic heterocycles. The van der Waals surface area contributed by atoms with Crippen LogP contribution in [0, 0.1) is 11.6 Å². The summed E-state index contributed by atoms with van der Waals surface area (Å²) in [5, 5.41) is 9.11. The zero-order valence-corrected chi connectivity index (χ0v) is 23.1. The van der Waals surface area contributed by atoms with E-state index in [-0.39, 0.29) is 30.5 Å². The molecule has 7 rings (SSSR count). The lowest BCUT2D eigenvalue weighted by atomic mass is 9.80. The summed E-state index contributed by atoms with van der Waals surface area (Å²) in [6.45, 7) is 1.66. The van der Waals surface area contributed by atoms with E-state index in [1.165, 1.54) is 17.0 Å². The van der Waals surface area contributed by atoms with E-state index in [0.717, 1.165) is 35.7 Å². The van der Waals surface area contributed by atoms with E-state index in [1.807, 2.05) is 18.2 Å². The molecule has 1 saturated heterocycles. The summed E-state index contributed by atoms with van der Waals surface area (Å²) >= 11 is 0. The average Bonchev–Trinajstić information content (AvgIpc) is 3.65. The Morgan fingerprint density at radius 2 is 1.83 bits per heavy atom. The van der Waals surface area contributed by atoms with Crippen molar-refractivity contribution in [3.63, 3.8) is 0 Å². The van der Waals surface area contributed by atoms with Crippen molar-refractivity contribution in [2.45, 2.75) is 61.9 Å². The van der Waals surface area contributed by atoms with Crippen LogP contribution in [0.3, 0.4) is 0 Å². The van der Waals surface area contributed by atoms with E-state index in [1.54, 1.807) is 19.3 Å². The fourth-order valence-corrected chi connectivity index (χ4v) is 7.26. The van der Waals surface area contributed by atoms with Gasteiger partial charge in [0.25, 0.3) is 0 Å².